The molecule has 0 unspecified atom stereocenters. The summed E-state index contributed by atoms with van der Waals surface area (Å²) in [5.41, 5.74) is -1.31. The first kappa shape index (κ1) is 20.2. The van der Waals surface area contributed by atoms with E-state index in [1.165, 1.54) is 0 Å². The molecule has 1 aliphatic heterocycles. The molecule has 3 N–H and O–H groups in total. The van der Waals surface area contributed by atoms with Crippen LogP contribution in [0.4, 0.5) is 21.5 Å². The standard InChI is InChI=1S/C21H19ClFN3O4/c1-8(2)15(13-5-4-9(3)30-13)25-17-18(20(28)19(17)27)26-16-12(23)6-11(22)10-7-24-21(29)14(10)16/h4-6,8,15,25-26H,7H2,1-3H3,(H,24,29)/t15-/m1/s1. The average Bonchev–Trinajstić information content (AvgIpc) is 3.29. The van der Waals surface area contributed by atoms with Gasteiger partial charge in [0.2, 0.25) is 0 Å². The van der Waals surface area contributed by atoms with Crippen molar-refractivity contribution >= 4 is 34.6 Å². The average molecular weight is 432 g/mol. The van der Waals surface area contributed by atoms with Crippen LogP contribution in [0.1, 0.15) is 47.3 Å². The number of amides is 1. The molecule has 0 spiro atoms. The first-order valence-electron chi connectivity index (χ1n) is 9.41. The summed E-state index contributed by atoms with van der Waals surface area (Å²) in [6.07, 6.45) is 0. The van der Waals surface area contributed by atoms with Gasteiger partial charge in [-0.05, 0) is 31.0 Å². The minimum Gasteiger partial charge on any atom is -0.464 e. The molecule has 1 atom stereocenters. The molecule has 7 nitrogen and oxygen atoms in total. The zero-order chi connectivity index (χ0) is 21.7. The maximum Gasteiger partial charge on any atom is 0.254 e. The number of rotatable bonds is 6. The first-order chi connectivity index (χ1) is 14.2. The van der Waals surface area contributed by atoms with Gasteiger partial charge in [0.25, 0.3) is 16.8 Å². The van der Waals surface area contributed by atoms with E-state index in [0.29, 0.717) is 17.1 Å². The van der Waals surface area contributed by atoms with Crippen LogP contribution < -0.4 is 26.8 Å². The highest BCUT2D eigenvalue weighted by Crippen LogP contribution is 2.36. The smallest absolute Gasteiger partial charge is 0.254 e. The van der Waals surface area contributed by atoms with Crippen molar-refractivity contribution < 1.29 is 13.6 Å². The molecule has 0 aliphatic carbocycles. The van der Waals surface area contributed by atoms with Gasteiger partial charge in [0.05, 0.1) is 17.3 Å². The summed E-state index contributed by atoms with van der Waals surface area (Å²) >= 11 is 6.03. The molecule has 0 saturated carbocycles. The molecule has 156 valence electrons. The second-order valence-electron chi connectivity index (χ2n) is 7.60. The van der Waals surface area contributed by atoms with Gasteiger partial charge in [-0.25, -0.2) is 4.39 Å². The number of halogens is 2. The molecule has 0 fully saturated rings. The van der Waals surface area contributed by atoms with E-state index in [4.69, 9.17) is 16.0 Å². The summed E-state index contributed by atoms with van der Waals surface area (Å²) in [6, 6.07) is 4.29. The second-order valence-corrected chi connectivity index (χ2v) is 8.01. The zero-order valence-corrected chi connectivity index (χ0v) is 17.2. The van der Waals surface area contributed by atoms with Crippen LogP contribution in [0.2, 0.25) is 5.02 Å². The lowest BCUT2D eigenvalue weighted by molar-refractivity contribution is 0.0966. The van der Waals surface area contributed by atoms with Gasteiger partial charge in [-0.2, -0.15) is 0 Å². The molecular weight excluding hydrogens is 413 g/mol. The minimum atomic E-state index is -0.795. The Labute approximate surface area is 175 Å². The molecule has 4 rings (SSSR count). The number of carbonyl (C=O) groups is 1. The monoisotopic (exact) mass is 431 g/mol. The van der Waals surface area contributed by atoms with Crippen LogP contribution in [0.5, 0.6) is 0 Å². The van der Waals surface area contributed by atoms with Crippen LogP contribution in [0, 0.1) is 18.7 Å². The van der Waals surface area contributed by atoms with Crippen LogP contribution in [0.3, 0.4) is 0 Å². The Hall–Kier alpha value is -3.13. The predicted molar refractivity (Wildman–Crippen MR) is 112 cm³/mol. The Morgan fingerprint density at radius 3 is 2.47 bits per heavy atom. The van der Waals surface area contributed by atoms with Crippen LogP contribution in [-0.4, -0.2) is 5.91 Å². The van der Waals surface area contributed by atoms with E-state index in [9.17, 15) is 18.8 Å². The number of furan rings is 1. The number of nitrogens with one attached hydrogen (secondary N) is 3. The number of anilines is 3. The van der Waals surface area contributed by atoms with Crippen molar-refractivity contribution in [2.45, 2.75) is 33.4 Å². The van der Waals surface area contributed by atoms with Gasteiger partial charge in [-0.15, -0.1) is 0 Å². The SMILES string of the molecule is Cc1ccc([C@H](Nc2c(Nc3c(F)cc(Cl)c4c3C(=O)NC4)c(=O)c2=O)C(C)C)o1. The summed E-state index contributed by atoms with van der Waals surface area (Å²) in [5.74, 6) is 0.0465. The Balaban J connectivity index is 1.72. The molecule has 9 heteroatoms. The van der Waals surface area contributed by atoms with Gasteiger partial charge in [-0.3, -0.25) is 14.4 Å². The van der Waals surface area contributed by atoms with E-state index in [1.807, 2.05) is 13.8 Å². The van der Waals surface area contributed by atoms with Gasteiger partial charge in [0, 0.05) is 17.1 Å². The summed E-state index contributed by atoms with van der Waals surface area (Å²) < 4.78 is 20.3. The Morgan fingerprint density at radius 2 is 1.83 bits per heavy atom. The normalized spacial score (nSPS) is 14.1. The third-order valence-electron chi connectivity index (χ3n) is 5.18. The van der Waals surface area contributed by atoms with Crippen molar-refractivity contribution in [1.82, 2.24) is 5.32 Å². The van der Waals surface area contributed by atoms with Gasteiger partial charge in [-0.1, -0.05) is 25.4 Å². The number of fused-ring (bicyclic) bond motifs is 1. The highest BCUT2D eigenvalue weighted by Gasteiger charge is 2.32. The Morgan fingerprint density at radius 1 is 1.13 bits per heavy atom. The molecule has 2 heterocycles. The van der Waals surface area contributed by atoms with E-state index >= 15 is 0 Å². The van der Waals surface area contributed by atoms with Crippen LogP contribution >= 0.6 is 11.6 Å². The second kappa shape index (κ2) is 7.28. The van der Waals surface area contributed by atoms with Crippen molar-refractivity contribution in [2.75, 3.05) is 10.6 Å². The molecule has 1 amide bonds. The van der Waals surface area contributed by atoms with Crippen molar-refractivity contribution in [3.05, 3.63) is 72.1 Å². The third kappa shape index (κ3) is 3.17. The van der Waals surface area contributed by atoms with Crippen molar-refractivity contribution in [2.24, 2.45) is 5.92 Å². The van der Waals surface area contributed by atoms with E-state index in [0.717, 1.165) is 6.07 Å². The zero-order valence-electron chi connectivity index (χ0n) is 16.5. The van der Waals surface area contributed by atoms with Crippen molar-refractivity contribution in [3.63, 3.8) is 0 Å². The number of hydrogen-bond acceptors (Lipinski definition) is 6. The molecule has 0 saturated heterocycles. The van der Waals surface area contributed by atoms with Crippen molar-refractivity contribution in [1.29, 1.82) is 0 Å². The molecular formula is C21H19ClFN3O4. The quantitative estimate of drug-likeness (QED) is 0.514. The maximum absolute atomic E-state index is 14.6. The van der Waals surface area contributed by atoms with Gasteiger partial charge < -0.3 is 20.4 Å². The van der Waals surface area contributed by atoms with Crippen LogP contribution in [-0.2, 0) is 6.54 Å². The number of carbonyl (C=O) groups excluding carboxylic acids is 1. The fourth-order valence-electron chi connectivity index (χ4n) is 3.58. The molecule has 1 aliphatic rings. The summed E-state index contributed by atoms with van der Waals surface area (Å²) in [5, 5.41) is 8.40. The minimum absolute atomic E-state index is 0.0225. The molecule has 0 bridgehead atoms. The third-order valence-corrected chi connectivity index (χ3v) is 5.52. The van der Waals surface area contributed by atoms with Crippen LogP contribution in [0.15, 0.2) is 32.2 Å². The summed E-state index contributed by atoms with van der Waals surface area (Å²) in [7, 11) is 0. The molecule has 3 aromatic rings. The highest BCUT2D eigenvalue weighted by molar-refractivity contribution is 6.32. The number of aryl methyl sites for hydroxylation is 1. The topological polar surface area (TPSA) is 100 Å². The molecule has 30 heavy (non-hydrogen) atoms. The van der Waals surface area contributed by atoms with Crippen LogP contribution in [0.25, 0.3) is 0 Å². The Kier molecular flexibility index (Phi) is 4.89. The molecule has 1 aromatic heterocycles. The fraction of sp³-hybridized carbons (Fsp3) is 0.286. The van der Waals surface area contributed by atoms with Crippen molar-refractivity contribution in [3.8, 4) is 0 Å². The largest absolute Gasteiger partial charge is 0.464 e. The lowest BCUT2D eigenvalue weighted by Gasteiger charge is -2.24. The molecule has 2 aromatic carbocycles. The van der Waals surface area contributed by atoms with E-state index < -0.39 is 22.6 Å². The predicted octanol–water partition coefficient (Wildman–Crippen LogP) is 3.77. The van der Waals surface area contributed by atoms with E-state index in [2.05, 4.69) is 16.0 Å². The van der Waals surface area contributed by atoms with Gasteiger partial charge in [0.1, 0.15) is 28.7 Å². The maximum atomic E-state index is 14.6. The first-order valence-corrected chi connectivity index (χ1v) is 9.79. The molecule has 0 radical (unpaired) electrons. The fourth-order valence-corrected chi connectivity index (χ4v) is 3.84. The lowest BCUT2D eigenvalue weighted by Crippen LogP contribution is -2.38. The van der Waals surface area contributed by atoms with E-state index in [1.54, 1.807) is 19.1 Å². The lowest BCUT2D eigenvalue weighted by atomic mass is 10.00. The number of hydrogen-bond donors (Lipinski definition) is 3. The van der Waals surface area contributed by atoms with Gasteiger partial charge in [0.15, 0.2) is 0 Å². The summed E-state index contributed by atoms with van der Waals surface area (Å²) in [6.45, 7) is 5.83. The Bertz CT molecular complexity index is 1240. The van der Waals surface area contributed by atoms with E-state index in [-0.39, 0.29) is 46.2 Å². The van der Waals surface area contributed by atoms with Gasteiger partial charge >= 0.3 is 0 Å². The number of benzene rings is 1. The summed E-state index contributed by atoms with van der Waals surface area (Å²) in [4.78, 5) is 36.7. The highest BCUT2D eigenvalue weighted by atomic mass is 35.5.